The van der Waals surface area contributed by atoms with Crippen molar-refractivity contribution in [3.63, 3.8) is 0 Å². The first-order valence-corrected chi connectivity index (χ1v) is 7.70. The molecule has 1 aliphatic carbocycles. The summed E-state index contributed by atoms with van der Waals surface area (Å²) in [6.45, 7) is 0.0876. The third-order valence-electron chi connectivity index (χ3n) is 3.26. The number of aromatic nitrogens is 3. The number of benzene rings is 1. The van der Waals surface area contributed by atoms with Gasteiger partial charge in [-0.2, -0.15) is 0 Å². The van der Waals surface area contributed by atoms with Crippen LogP contribution in [0.25, 0.3) is 0 Å². The molecule has 1 aromatic carbocycles. The standard InChI is InChI=1S/C14H15FN4OS/c15-11-3-1-2-9(6-11)8-21-14-18-17-13(10-4-5-10)19(14)7-12(16)20/h1-3,6,10H,4-5,7-8H2,(H2,16,20). The SMILES string of the molecule is NC(=O)Cn1c(SCc2cccc(F)c2)nnc1C1CC1. The molecular weight excluding hydrogens is 291 g/mol. The van der Waals surface area contributed by atoms with Gasteiger partial charge in [-0.1, -0.05) is 23.9 Å². The van der Waals surface area contributed by atoms with E-state index < -0.39 is 5.91 Å². The van der Waals surface area contributed by atoms with E-state index in [2.05, 4.69) is 10.2 Å². The van der Waals surface area contributed by atoms with Gasteiger partial charge in [0.05, 0.1) is 0 Å². The predicted molar refractivity (Wildman–Crippen MR) is 77.2 cm³/mol. The van der Waals surface area contributed by atoms with Crippen LogP contribution in [0.4, 0.5) is 4.39 Å². The van der Waals surface area contributed by atoms with Gasteiger partial charge in [0.1, 0.15) is 18.2 Å². The third-order valence-corrected chi connectivity index (χ3v) is 4.30. The number of primary amides is 1. The van der Waals surface area contributed by atoms with Crippen molar-refractivity contribution in [2.45, 2.75) is 36.2 Å². The summed E-state index contributed by atoms with van der Waals surface area (Å²) >= 11 is 1.43. The van der Waals surface area contributed by atoms with Gasteiger partial charge in [-0.25, -0.2) is 4.39 Å². The number of carbonyl (C=O) groups excluding carboxylic acids is 1. The Morgan fingerprint density at radius 2 is 2.24 bits per heavy atom. The van der Waals surface area contributed by atoms with Crippen molar-refractivity contribution in [2.75, 3.05) is 0 Å². The molecule has 0 bridgehead atoms. The van der Waals surface area contributed by atoms with Crippen molar-refractivity contribution in [3.8, 4) is 0 Å². The van der Waals surface area contributed by atoms with Crippen molar-refractivity contribution in [2.24, 2.45) is 5.73 Å². The predicted octanol–water partition coefficient (Wildman–Crippen LogP) is 2.07. The van der Waals surface area contributed by atoms with Gasteiger partial charge in [-0.05, 0) is 30.5 Å². The quantitative estimate of drug-likeness (QED) is 0.829. The lowest BCUT2D eigenvalue weighted by Gasteiger charge is -2.07. The van der Waals surface area contributed by atoms with Gasteiger partial charge in [-0.3, -0.25) is 9.36 Å². The van der Waals surface area contributed by atoms with Gasteiger partial charge in [0.15, 0.2) is 5.16 Å². The van der Waals surface area contributed by atoms with Crippen LogP contribution in [0.3, 0.4) is 0 Å². The molecule has 7 heteroatoms. The molecule has 1 saturated carbocycles. The van der Waals surface area contributed by atoms with E-state index in [9.17, 15) is 9.18 Å². The highest BCUT2D eigenvalue weighted by molar-refractivity contribution is 7.98. The molecular formula is C14H15FN4OS. The van der Waals surface area contributed by atoms with E-state index in [1.54, 1.807) is 10.6 Å². The highest BCUT2D eigenvalue weighted by atomic mass is 32.2. The second-order valence-electron chi connectivity index (χ2n) is 5.09. The van der Waals surface area contributed by atoms with Crippen LogP contribution in [0.15, 0.2) is 29.4 Å². The molecule has 1 heterocycles. The average molecular weight is 306 g/mol. The largest absolute Gasteiger partial charge is 0.368 e. The lowest BCUT2D eigenvalue weighted by Crippen LogP contribution is -2.20. The fraction of sp³-hybridized carbons (Fsp3) is 0.357. The number of thioether (sulfide) groups is 1. The van der Waals surface area contributed by atoms with Crippen molar-refractivity contribution in [1.29, 1.82) is 0 Å². The van der Waals surface area contributed by atoms with Crippen LogP contribution in [0.1, 0.15) is 30.1 Å². The Labute approximate surface area is 125 Å². The van der Waals surface area contributed by atoms with E-state index in [0.29, 0.717) is 16.8 Å². The molecule has 2 aromatic rings. The van der Waals surface area contributed by atoms with E-state index in [1.165, 1.54) is 23.9 Å². The van der Waals surface area contributed by atoms with E-state index in [1.807, 2.05) is 6.07 Å². The lowest BCUT2D eigenvalue weighted by molar-refractivity contribution is -0.118. The molecule has 1 aliphatic rings. The maximum atomic E-state index is 13.2. The van der Waals surface area contributed by atoms with Crippen molar-refractivity contribution >= 4 is 17.7 Å². The van der Waals surface area contributed by atoms with Gasteiger partial charge in [0.25, 0.3) is 0 Å². The minimum absolute atomic E-state index is 0.0876. The van der Waals surface area contributed by atoms with Gasteiger partial charge < -0.3 is 5.73 Å². The van der Waals surface area contributed by atoms with Crippen LogP contribution >= 0.6 is 11.8 Å². The summed E-state index contributed by atoms with van der Waals surface area (Å²) in [6, 6.07) is 6.43. The minimum atomic E-state index is -0.413. The Morgan fingerprint density at radius 3 is 2.90 bits per heavy atom. The Morgan fingerprint density at radius 1 is 1.43 bits per heavy atom. The van der Waals surface area contributed by atoms with Crippen LogP contribution in [0.2, 0.25) is 0 Å². The first-order valence-electron chi connectivity index (χ1n) is 6.72. The molecule has 3 rings (SSSR count). The molecule has 5 nitrogen and oxygen atoms in total. The second-order valence-corrected chi connectivity index (χ2v) is 6.03. The summed E-state index contributed by atoms with van der Waals surface area (Å²) in [4.78, 5) is 11.2. The molecule has 2 N–H and O–H groups in total. The number of rotatable bonds is 6. The highest BCUT2D eigenvalue weighted by Crippen LogP contribution is 2.40. The minimum Gasteiger partial charge on any atom is -0.368 e. The molecule has 110 valence electrons. The monoisotopic (exact) mass is 306 g/mol. The third kappa shape index (κ3) is 3.41. The fourth-order valence-corrected chi connectivity index (χ4v) is 3.02. The topological polar surface area (TPSA) is 73.8 Å². The summed E-state index contributed by atoms with van der Waals surface area (Å²) in [6.07, 6.45) is 2.15. The number of nitrogens with zero attached hydrogens (tertiary/aromatic N) is 3. The normalized spacial score (nSPS) is 14.3. The number of hydrogen-bond acceptors (Lipinski definition) is 4. The zero-order chi connectivity index (χ0) is 14.8. The lowest BCUT2D eigenvalue weighted by atomic mass is 10.2. The Balaban J connectivity index is 1.76. The molecule has 0 unspecified atom stereocenters. The molecule has 0 saturated heterocycles. The first kappa shape index (κ1) is 14.1. The van der Waals surface area contributed by atoms with Gasteiger partial charge >= 0.3 is 0 Å². The summed E-state index contributed by atoms with van der Waals surface area (Å²) in [5, 5.41) is 8.97. The number of nitrogens with two attached hydrogens (primary N) is 1. The van der Waals surface area contributed by atoms with E-state index in [4.69, 9.17) is 5.73 Å². The number of halogens is 1. The van der Waals surface area contributed by atoms with Crippen molar-refractivity contribution < 1.29 is 9.18 Å². The maximum Gasteiger partial charge on any atom is 0.237 e. The summed E-state index contributed by atoms with van der Waals surface area (Å²) in [7, 11) is 0. The van der Waals surface area contributed by atoms with Crippen LogP contribution in [-0.2, 0) is 17.1 Å². The second kappa shape index (κ2) is 5.85. The Hall–Kier alpha value is -1.89. The zero-order valence-electron chi connectivity index (χ0n) is 11.3. The fourth-order valence-electron chi connectivity index (χ4n) is 2.13. The number of amides is 1. The average Bonchev–Trinajstić information content (AvgIpc) is 3.20. The number of hydrogen-bond donors (Lipinski definition) is 1. The molecule has 0 atom stereocenters. The summed E-state index contributed by atoms with van der Waals surface area (Å²) < 4.78 is 14.9. The molecule has 0 aliphatic heterocycles. The van der Waals surface area contributed by atoms with E-state index in [-0.39, 0.29) is 12.4 Å². The van der Waals surface area contributed by atoms with Crippen molar-refractivity contribution in [1.82, 2.24) is 14.8 Å². The molecule has 0 radical (unpaired) electrons. The molecule has 1 fully saturated rings. The molecule has 1 aromatic heterocycles. The van der Waals surface area contributed by atoms with Crippen LogP contribution in [-0.4, -0.2) is 20.7 Å². The first-order chi connectivity index (χ1) is 10.1. The maximum absolute atomic E-state index is 13.2. The van der Waals surface area contributed by atoms with Crippen molar-refractivity contribution in [3.05, 3.63) is 41.5 Å². The smallest absolute Gasteiger partial charge is 0.237 e. The van der Waals surface area contributed by atoms with E-state index in [0.717, 1.165) is 24.2 Å². The molecule has 0 spiro atoms. The summed E-state index contributed by atoms with van der Waals surface area (Å²) in [5.74, 6) is 1.12. The number of carbonyl (C=O) groups is 1. The van der Waals surface area contributed by atoms with Gasteiger partial charge in [0.2, 0.25) is 5.91 Å². The Bertz CT molecular complexity index is 669. The van der Waals surface area contributed by atoms with Gasteiger partial charge in [0, 0.05) is 11.7 Å². The van der Waals surface area contributed by atoms with Gasteiger partial charge in [-0.15, -0.1) is 10.2 Å². The van der Waals surface area contributed by atoms with E-state index >= 15 is 0 Å². The Kier molecular flexibility index (Phi) is 3.92. The highest BCUT2D eigenvalue weighted by Gasteiger charge is 2.30. The van der Waals surface area contributed by atoms with Crippen LogP contribution in [0, 0.1) is 5.82 Å². The molecule has 21 heavy (non-hydrogen) atoms. The zero-order valence-corrected chi connectivity index (χ0v) is 12.1. The molecule has 1 amide bonds. The summed E-state index contributed by atoms with van der Waals surface area (Å²) in [5.41, 5.74) is 6.16. The van der Waals surface area contributed by atoms with Crippen LogP contribution in [0.5, 0.6) is 0 Å². The van der Waals surface area contributed by atoms with Crippen LogP contribution < -0.4 is 5.73 Å².